The average molecular weight is 442 g/mol. The molecule has 3 aromatic rings. The third-order valence-electron chi connectivity index (χ3n) is 4.41. The summed E-state index contributed by atoms with van der Waals surface area (Å²) in [6.07, 6.45) is 3.39. The SMILES string of the molecule is COc1ccc(C)cc1NS(=O)(=O)c1ccc(/C=C\c2onc(C)c2NC(C)=O)cc1. The van der Waals surface area contributed by atoms with E-state index in [1.807, 2.05) is 13.0 Å². The number of hydrogen-bond acceptors (Lipinski definition) is 6. The number of benzene rings is 2. The number of carbonyl (C=O) groups excluding carboxylic acids is 1. The normalized spacial score (nSPS) is 11.5. The highest BCUT2D eigenvalue weighted by atomic mass is 32.2. The highest BCUT2D eigenvalue weighted by molar-refractivity contribution is 7.92. The van der Waals surface area contributed by atoms with Gasteiger partial charge in [0, 0.05) is 6.92 Å². The van der Waals surface area contributed by atoms with Crippen LogP contribution in [0.25, 0.3) is 12.2 Å². The molecule has 1 aromatic heterocycles. The predicted molar refractivity (Wildman–Crippen MR) is 119 cm³/mol. The maximum atomic E-state index is 12.8. The largest absolute Gasteiger partial charge is 0.495 e. The van der Waals surface area contributed by atoms with Crippen molar-refractivity contribution in [3.8, 4) is 5.75 Å². The molecule has 2 N–H and O–H groups in total. The third kappa shape index (κ3) is 5.32. The molecule has 8 nitrogen and oxygen atoms in total. The molecule has 0 saturated carbocycles. The summed E-state index contributed by atoms with van der Waals surface area (Å²) < 4.78 is 38.6. The molecule has 0 bridgehead atoms. The lowest BCUT2D eigenvalue weighted by molar-refractivity contribution is -0.114. The van der Waals surface area contributed by atoms with Crippen molar-refractivity contribution in [3.05, 3.63) is 65.0 Å². The second kappa shape index (κ2) is 9.05. The molecule has 0 saturated heterocycles. The molecule has 1 amide bonds. The fourth-order valence-electron chi connectivity index (χ4n) is 2.86. The van der Waals surface area contributed by atoms with Gasteiger partial charge in [0.25, 0.3) is 10.0 Å². The monoisotopic (exact) mass is 441 g/mol. The highest BCUT2D eigenvalue weighted by Crippen LogP contribution is 2.28. The summed E-state index contributed by atoms with van der Waals surface area (Å²) in [6, 6.07) is 11.6. The summed E-state index contributed by atoms with van der Waals surface area (Å²) >= 11 is 0. The standard InChI is InChI=1S/C22H23N3O5S/c1-14-5-11-20(29-4)19(13-14)25-31(27,28)18-9-6-17(7-10-18)8-12-21-22(23-16(3)26)15(2)24-30-21/h5-13,25H,1-4H3,(H,23,26)/b12-8-. The van der Waals surface area contributed by atoms with Gasteiger partial charge in [0.05, 0.1) is 17.7 Å². The second-order valence-electron chi connectivity index (χ2n) is 6.90. The number of carbonyl (C=O) groups is 1. The number of methoxy groups -OCH3 is 1. The van der Waals surface area contributed by atoms with Gasteiger partial charge in [-0.15, -0.1) is 0 Å². The molecule has 0 spiro atoms. The van der Waals surface area contributed by atoms with Crippen LogP contribution in [0.1, 0.15) is 29.5 Å². The Morgan fingerprint density at radius 3 is 2.45 bits per heavy atom. The van der Waals surface area contributed by atoms with Crippen molar-refractivity contribution in [1.82, 2.24) is 5.16 Å². The van der Waals surface area contributed by atoms with Crippen LogP contribution in [0.3, 0.4) is 0 Å². The first-order valence-corrected chi connectivity index (χ1v) is 10.9. The number of sulfonamides is 1. The van der Waals surface area contributed by atoms with Crippen LogP contribution in [0, 0.1) is 13.8 Å². The molecule has 2 aromatic carbocycles. The van der Waals surface area contributed by atoms with E-state index in [4.69, 9.17) is 9.26 Å². The van der Waals surface area contributed by atoms with Crippen molar-refractivity contribution in [2.75, 3.05) is 17.1 Å². The van der Waals surface area contributed by atoms with Crippen molar-refractivity contribution >= 4 is 39.5 Å². The van der Waals surface area contributed by atoms with E-state index in [2.05, 4.69) is 15.2 Å². The number of nitrogens with one attached hydrogen (secondary N) is 2. The summed E-state index contributed by atoms with van der Waals surface area (Å²) in [7, 11) is -2.31. The number of nitrogens with zero attached hydrogens (tertiary/aromatic N) is 1. The summed E-state index contributed by atoms with van der Waals surface area (Å²) in [4.78, 5) is 11.4. The molecule has 0 fully saturated rings. The first kappa shape index (κ1) is 22.1. The van der Waals surface area contributed by atoms with Crippen LogP contribution in [0.4, 0.5) is 11.4 Å². The number of rotatable bonds is 7. The van der Waals surface area contributed by atoms with E-state index in [1.165, 1.54) is 26.2 Å². The Hall–Kier alpha value is -3.59. The fraction of sp³-hybridized carbons (Fsp3) is 0.182. The zero-order chi connectivity index (χ0) is 22.6. The molecule has 0 aliphatic heterocycles. The number of amides is 1. The Morgan fingerprint density at radius 2 is 1.81 bits per heavy atom. The number of aryl methyl sites for hydroxylation is 2. The zero-order valence-corrected chi connectivity index (χ0v) is 18.4. The molecule has 0 radical (unpaired) electrons. The van der Waals surface area contributed by atoms with E-state index < -0.39 is 10.0 Å². The lowest BCUT2D eigenvalue weighted by Crippen LogP contribution is -2.13. The van der Waals surface area contributed by atoms with Gasteiger partial charge in [-0.3, -0.25) is 9.52 Å². The summed E-state index contributed by atoms with van der Waals surface area (Å²) in [5.41, 5.74) is 3.08. The maximum Gasteiger partial charge on any atom is 0.262 e. The molecule has 31 heavy (non-hydrogen) atoms. The van der Waals surface area contributed by atoms with Crippen LogP contribution in [-0.4, -0.2) is 26.6 Å². The summed E-state index contributed by atoms with van der Waals surface area (Å²) in [5, 5.41) is 6.53. The molecule has 3 rings (SSSR count). The quantitative estimate of drug-likeness (QED) is 0.568. The molecule has 1 heterocycles. The maximum absolute atomic E-state index is 12.8. The first-order chi connectivity index (χ1) is 14.7. The van der Waals surface area contributed by atoms with Crippen molar-refractivity contribution in [2.45, 2.75) is 25.7 Å². The Bertz CT molecular complexity index is 1230. The van der Waals surface area contributed by atoms with Gasteiger partial charge >= 0.3 is 0 Å². The van der Waals surface area contributed by atoms with Gasteiger partial charge in [0.2, 0.25) is 5.91 Å². The van der Waals surface area contributed by atoms with Crippen molar-refractivity contribution in [2.24, 2.45) is 0 Å². The number of ether oxygens (including phenoxy) is 1. The summed E-state index contributed by atoms with van der Waals surface area (Å²) in [5.74, 6) is 0.608. The van der Waals surface area contributed by atoms with E-state index in [9.17, 15) is 13.2 Å². The van der Waals surface area contributed by atoms with E-state index in [0.29, 0.717) is 28.6 Å². The molecule has 9 heteroatoms. The molecule has 0 aliphatic carbocycles. The van der Waals surface area contributed by atoms with E-state index in [-0.39, 0.29) is 10.8 Å². The first-order valence-electron chi connectivity index (χ1n) is 9.39. The third-order valence-corrected chi connectivity index (χ3v) is 5.79. The Balaban J connectivity index is 1.79. The minimum atomic E-state index is -3.79. The van der Waals surface area contributed by atoms with E-state index in [0.717, 1.165) is 11.1 Å². The Labute approximate surface area is 181 Å². The van der Waals surface area contributed by atoms with Crippen LogP contribution in [0.2, 0.25) is 0 Å². The van der Waals surface area contributed by atoms with Crippen LogP contribution in [0.5, 0.6) is 5.75 Å². The molecule has 0 aliphatic rings. The molecular formula is C22H23N3O5S. The van der Waals surface area contributed by atoms with Gasteiger partial charge in [0.15, 0.2) is 5.76 Å². The van der Waals surface area contributed by atoms with Crippen molar-refractivity contribution in [3.63, 3.8) is 0 Å². The highest BCUT2D eigenvalue weighted by Gasteiger charge is 2.17. The van der Waals surface area contributed by atoms with E-state index >= 15 is 0 Å². The van der Waals surface area contributed by atoms with Crippen LogP contribution < -0.4 is 14.8 Å². The predicted octanol–water partition coefficient (Wildman–Crippen LogP) is 4.23. The Morgan fingerprint density at radius 1 is 1.10 bits per heavy atom. The van der Waals surface area contributed by atoms with Gasteiger partial charge in [-0.1, -0.05) is 29.4 Å². The van der Waals surface area contributed by atoms with Gasteiger partial charge in [0.1, 0.15) is 17.1 Å². The van der Waals surface area contributed by atoms with Gasteiger partial charge in [-0.05, 0) is 55.3 Å². The van der Waals surface area contributed by atoms with Gasteiger partial charge in [-0.2, -0.15) is 0 Å². The minimum Gasteiger partial charge on any atom is -0.495 e. The van der Waals surface area contributed by atoms with E-state index in [1.54, 1.807) is 43.3 Å². The van der Waals surface area contributed by atoms with Gasteiger partial charge < -0.3 is 14.6 Å². The zero-order valence-electron chi connectivity index (χ0n) is 17.6. The number of aromatic nitrogens is 1. The number of hydrogen-bond donors (Lipinski definition) is 2. The number of anilines is 2. The van der Waals surface area contributed by atoms with Gasteiger partial charge in [-0.25, -0.2) is 8.42 Å². The average Bonchev–Trinajstić information content (AvgIpc) is 3.05. The molecular weight excluding hydrogens is 418 g/mol. The lowest BCUT2D eigenvalue weighted by Gasteiger charge is -2.12. The van der Waals surface area contributed by atoms with Crippen molar-refractivity contribution < 1.29 is 22.5 Å². The van der Waals surface area contributed by atoms with Crippen LogP contribution >= 0.6 is 0 Å². The molecule has 162 valence electrons. The Kier molecular flexibility index (Phi) is 6.45. The topological polar surface area (TPSA) is 111 Å². The fourth-order valence-corrected chi connectivity index (χ4v) is 3.93. The van der Waals surface area contributed by atoms with Crippen molar-refractivity contribution in [1.29, 1.82) is 0 Å². The molecule has 0 atom stereocenters. The van der Waals surface area contributed by atoms with Crippen LogP contribution in [0.15, 0.2) is 51.9 Å². The minimum absolute atomic E-state index is 0.114. The lowest BCUT2D eigenvalue weighted by atomic mass is 10.2. The summed E-state index contributed by atoms with van der Waals surface area (Å²) in [6.45, 7) is 4.99. The van der Waals surface area contributed by atoms with Crippen LogP contribution in [-0.2, 0) is 14.8 Å². The smallest absolute Gasteiger partial charge is 0.262 e. The molecule has 0 unspecified atom stereocenters. The second-order valence-corrected chi connectivity index (χ2v) is 8.58.